The number of carbonyl (C=O) groups is 1. The predicted molar refractivity (Wildman–Crippen MR) is 84.6 cm³/mol. The molecule has 1 saturated heterocycles. The SMILES string of the molecule is NCCN1CCN(C(=O)c2[nH]c3ccc(F)c(Cl)c3c2F)CC1. The lowest BCUT2D eigenvalue weighted by Crippen LogP contribution is -2.49. The second kappa shape index (κ2) is 6.43. The maximum Gasteiger partial charge on any atom is 0.273 e. The molecule has 2 aromatic rings. The molecule has 0 radical (unpaired) electrons. The predicted octanol–water partition coefficient (Wildman–Crippen LogP) is 1.82. The molecule has 0 aliphatic carbocycles. The molecule has 0 saturated carbocycles. The van der Waals surface area contributed by atoms with Gasteiger partial charge in [0.2, 0.25) is 0 Å². The van der Waals surface area contributed by atoms with Crippen LogP contribution >= 0.6 is 11.6 Å². The van der Waals surface area contributed by atoms with Crippen molar-refractivity contribution in [1.29, 1.82) is 0 Å². The Balaban J connectivity index is 1.85. The van der Waals surface area contributed by atoms with E-state index in [4.69, 9.17) is 17.3 Å². The Hall–Kier alpha value is -1.70. The maximum absolute atomic E-state index is 14.5. The topological polar surface area (TPSA) is 65.4 Å². The largest absolute Gasteiger partial charge is 0.348 e. The van der Waals surface area contributed by atoms with E-state index in [1.807, 2.05) is 0 Å². The molecule has 1 amide bonds. The molecule has 124 valence electrons. The van der Waals surface area contributed by atoms with Gasteiger partial charge in [0.05, 0.1) is 15.9 Å². The van der Waals surface area contributed by atoms with Gasteiger partial charge < -0.3 is 15.6 Å². The number of rotatable bonds is 3. The van der Waals surface area contributed by atoms with Crippen LogP contribution in [0, 0.1) is 11.6 Å². The fourth-order valence-electron chi connectivity index (χ4n) is 2.85. The standard InChI is InChI=1S/C15H17ClF2N4O/c16-12-9(17)1-2-10-11(12)13(18)14(20-10)15(23)22-7-5-21(4-3-19)6-8-22/h1-2,20H,3-8,19H2. The summed E-state index contributed by atoms with van der Waals surface area (Å²) in [5.41, 5.74) is 5.64. The van der Waals surface area contributed by atoms with E-state index in [-0.39, 0.29) is 16.1 Å². The molecule has 0 unspecified atom stereocenters. The number of halogens is 3. The fourth-order valence-corrected chi connectivity index (χ4v) is 3.09. The quantitative estimate of drug-likeness (QED) is 0.894. The van der Waals surface area contributed by atoms with Gasteiger partial charge >= 0.3 is 0 Å². The van der Waals surface area contributed by atoms with Crippen LogP contribution in [0.1, 0.15) is 10.5 Å². The molecule has 2 heterocycles. The Labute approximate surface area is 137 Å². The Morgan fingerprint density at radius 3 is 2.61 bits per heavy atom. The van der Waals surface area contributed by atoms with E-state index in [9.17, 15) is 13.6 Å². The van der Waals surface area contributed by atoms with Gasteiger partial charge in [0.25, 0.3) is 5.91 Å². The Morgan fingerprint density at radius 2 is 1.96 bits per heavy atom. The zero-order valence-corrected chi connectivity index (χ0v) is 13.2. The number of piperazine rings is 1. The minimum Gasteiger partial charge on any atom is -0.348 e. The summed E-state index contributed by atoms with van der Waals surface area (Å²) in [7, 11) is 0. The van der Waals surface area contributed by atoms with Gasteiger partial charge in [0, 0.05) is 39.3 Å². The molecular weight excluding hydrogens is 326 g/mol. The first-order valence-electron chi connectivity index (χ1n) is 7.39. The highest BCUT2D eigenvalue weighted by Crippen LogP contribution is 2.30. The van der Waals surface area contributed by atoms with E-state index in [2.05, 4.69) is 9.88 Å². The van der Waals surface area contributed by atoms with Crippen LogP contribution in [0.25, 0.3) is 10.9 Å². The number of carbonyl (C=O) groups excluding carboxylic acids is 1. The van der Waals surface area contributed by atoms with E-state index in [0.29, 0.717) is 38.2 Å². The molecule has 1 fully saturated rings. The van der Waals surface area contributed by atoms with Gasteiger partial charge in [-0.05, 0) is 12.1 Å². The average molecular weight is 343 g/mol. The van der Waals surface area contributed by atoms with E-state index < -0.39 is 17.5 Å². The number of H-pyrrole nitrogens is 1. The van der Waals surface area contributed by atoms with Crippen LogP contribution in [0.3, 0.4) is 0 Å². The molecule has 3 N–H and O–H groups in total. The number of hydrogen-bond acceptors (Lipinski definition) is 3. The first-order chi connectivity index (χ1) is 11.0. The van der Waals surface area contributed by atoms with Gasteiger partial charge in [0.15, 0.2) is 5.82 Å². The van der Waals surface area contributed by atoms with Crippen LogP contribution in [0.15, 0.2) is 12.1 Å². The number of fused-ring (bicyclic) bond motifs is 1. The lowest BCUT2D eigenvalue weighted by atomic mass is 10.2. The molecule has 23 heavy (non-hydrogen) atoms. The second-order valence-corrected chi connectivity index (χ2v) is 5.90. The van der Waals surface area contributed by atoms with Gasteiger partial charge in [-0.1, -0.05) is 11.6 Å². The van der Waals surface area contributed by atoms with Crippen molar-refractivity contribution in [3.8, 4) is 0 Å². The lowest BCUT2D eigenvalue weighted by molar-refractivity contribution is 0.0631. The third kappa shape index (κ3) is 2.91. The van der Waals surface area contributed by atoms with Crippen LogP contribution < -0.4 is 5.73 Å². The van der Waals surface area contributed by atoms with Crippen molar-refractivity contribution < 1.29 is 13.6 Å². The molecule has 0 bridgehead atoms. The number of hydrogen-bond donors (Lipinski definition) is 2. The molecule has 0 spiro atoms. The molecule has 1 aliphatic heterocycles. The summed E-state index contributed by atoms with van der Waals surface area (Å²) >= 11 is 5.81. The number of aromatic nitrogens is 1. The summed E-state index contributed by atoms with van der Waals surface area (Å²) in [5.74, 6) is -1.96. The van der Waals surface area contributed by atoms with E-state index in [1.165, 1.54) is 6.07 Å². The van der Waals surface area contributed by atoms with Crippen molar-refractivity contribution in [2.75, 3.05) is 39.3 Å². The van der Waals surface area contributed by atoms with Crippen molar-refractivity contribution in [1.82, 2.24) is 14.8 Å². The monoisotopic (exact) mass is 342 g/mol. The molecule has 1 aromatic carbocycles. The molecule has 8 heteroatoms. The van der Waals surface area contributed by atoms with Crippen molar-refractivity contribution >= 4 is 28.4 Å². The van der Waals surface area contributed by atoms with Gasteiger partial charge in [-0.2, -0.15) is 0 Å². The average Bonchev–Trinajstić information content (AvgIpc) is 2.89. The van der Waals surface area contributed by atoms with Crippen LogP contribution in [-0.4, -0.2) is 60.0 Å². The summed E-state index contributed by atoms with van der Waals surface area (Å²) in [6.07, 6.45) is 0. The normalized spacial score (nSPS) is 16.3. The Morgan fingerprint density at radius 1 is 1.26 bits per heavy atom. The molecule has 3 rings (SSSR count). The highest BCUT2D eigenvalue weighted by molar-refractivity contribution is 6.35. The zero-order valence-electron chi connectivity index (χ0n) is 12.4. The molecule has 1 aromatic heterocycles. The summed E-state index contributed by atoms with van der Waals surface area (Å²) in [6, 6.07) is 2.51. The molecule has 5 nitrogen and oxygen atoms in total. The van der Waals surface area contributed by atoms with Gasteiger partial charge in [0.1, 0.15) is 11.5 Å². The van der Waals surface area contributed by atoms with E-state index in [1.54, 1.807) is 4.90 Å². The van der Waals surface area contributed by atoms with Gasteiger partial charge in [-0.3, -0.25) is 9.69 Å². The van der Waals surface area contributed by atoms with E-state index >= 15 is 0 Å². The first kappa shape index (κ1) is 16.2. The van der Waals surface area contributed by atoms with Crippen LogP contribution in [0.2, 0.25) is 5.02 Å². The highest BCUT2D eigenvalue weighted by atomic mass is 35.5. The number of nitrogens with two attached hydrogens (primary N) is 1. The number of aromatic amines is 1. The van der Waals surface area contributed by atoms with Crippen molar-refractivity contribution in [2.24, 2.45) is 5.73 Å². The maximum atomic E-state index is 14.5. The lowest BCUT2D eigenvalue weighted by Gasteiger charge is -2.34. The molecular formula is C15H17ClF2N4O. The fraction of sp³-hybridized carbons (Fsp3) is 0.400. The minimum absolute atomic E-state index is 0.0863. The third-order valence-corrected chi connectivity index (χ3v) is 4.48. The first-order valence-corrected chi connectivity index (χ1v) is 7.77. The Bertz CT molecular complexity index is 741. The minimum atomic E-state index is -0.807. The number of nitrogens with one attached hydrogen (secondary N) is 1. The van der Waals surface area contributed by atoms with Crippen molar-refractivity contribution in [3.05, 3.63) is 34.5 Å². The van der Waals surface area contributed by atoms with Gasteiger partial charge in [-0.15, -0.1) is 0 Å². The van der Waals surface area contributed by atoms with Crippen molar-refractivity contribution in [2.45, 2.75) is 0 Å². The van der Waals surface area contributed by atoms with Crippen LogP contribution in [0.4, 0.5) is 8.78 Å². The second-order valence-electron chi connectivity index (χ2n) is 5.52. The summed E-state index contributed by atoms with van der Waals surface area (Å²) in [5, 5.41) is -0.403. The van der Waals surface area contributed by atoms with Crippen LogP contribution in [0.5, 0.6) is 0 Å². The molecule has 1 aliphatic rings. The molecule has 0 atom stereocenters. The van der Waals surface area contributed by atoms with Crippen molar-refractivity contribution in [3.63, 3.8) is 0 Å². The summed E-state index contributed by atoms with van der Waals surface area (Å²) in [4.78, 5) is 19.0. The Kier molecular flexibility index (Phi) is 4.52. The zero-order chi connectivity index (χ0) is 16.6. The summed E-state index contributed by atoms with van der Waals surface area (Å²) in [6.45, 7) is 3.72. The summed E-state index contributed by atoms with van der Waals surface area (Å²) < 4.78 is 28.0. The smallest absolute Gasteiger partial charge is 0.273 e. The highest BCUT2D eigenvalue weighted by Gasteiger charge is 2.27. The van der Waals surface area contributed by atoms with Crippen LogP contribution in [-0.2, 0) is 0 Å². The van der Waals surface area contributed by atoms with Gasteiger partial charge in [-0.25, -0.2) is 8.78 Å². The third-order valence-electron chi connectivity index (χ3n) is 4.11. The number of amides is 1. The van der Waals surface area contributed by atoms with E-state index in [0.717, 1.165) is 12.6 Å². The number of nitrogens with zero attached hydrogens (tertiary/aromatic N) is 2. The number of benzene rings is 1.